The van der Waals surface area contributed by atoms with Gasteiger partial charge in [0.05, 0.1) is 6.20 Å². The Labute approximate surface area is 107 Å². The van der Waals surface area contributed by atoms with Crippen LogP contribution in [0.2, 0.25) is 0 Å². The lowest BCUT2D eigenvalue weighted by atomic mass is 10.1. The van der Waals surface area contributed by atoms with E-state index in [0.29, 0.717) is 0 Å². The lowest BCUT2D eigenvalue weighted by Gasteiger charge is -2.15. The quantitative estimate of drug-likeness (QED) is 0.427. The SMILES string of the molecule is C#CC(O)[C@H]1O[C@@H](n2cc(C(N)=O)nn2)[C@H](O)[C@@H]1O. The third-order valence-corrected chi connectivity index (χ3v) is 2.78. The smallest absolute Gasteiger partial charge is 0.270 e. The molecule has 19 heavy (non-hydrogen) atoms. The normalized spacial score (nSPS) is 31.9. The number of hydrogen-bond donors (Lipinski definition) is 4. The zero-order valence-electron chi connectivity index (χ0n) is 9.62. The molecule has 2 heterocycles. The zero-order valence-corrected chi connectivity index (χ0v) is 9.62. The number of amides is 1. The molecule has 1 amide bonds. The molecule has 1 unspecified atom stereocenters. The van der Waals surface area contributed by atoms with Crippen LogP contribution in [-0.4, -0.2) is 60.6 Å². The average Bonchev–Trinajstić information content (AvgIpc) is 2.96. The summed E-state index contributed by atoms with van der Waals surface area (Å²) < 4.78 is 6.26. The number of rotatable bonds is 3. The van der Waals surface area contributed by atoms with Gasteiger partial charge < -0.3 is 25.8 Å². The van der Waals surface area contributed by atoms with E-state index >= 15 is 0 Å². The molecule has 0 aromatic carbocycles. The third kappa shape index (κ3) is 2.29. The third-order valence-electron chi connectivity index (χ3n) is 2.78. The average molecular weight is 268 g/mol. The molecule has 0 saturated carbocycles. The fourth-order valence-corrected chi connectivity index (χ4v) is 1.77. The van der Waals surface area contributed by atoms with Crippen LogP contribution in [0.1, 0.15) is 16.7 Å². The number of carbonyl (C=O) groups excluding carboxylic acids is 1. The molecule has 0 bridgehead atoms. The molecule has 0 radical (unpaired) electrons. The molecule has 2 rings (SSSR count). The first kappa shape index (κ1) is 13.4. The van der Waals surface area contributed by atoms with E-state index in [4.69, 9.17) is 16.9 Å². The van der Waals surface area contributed by atoms with Gasteiger partial charge >= 0.3 is 0 Å². The predicted octanol–water partition coefficient (Wildman–Crippen LogP) is -3.01. The largest absolute Gasteiger partial charge is 0.387 e. The Bertz CT molecular complexity index is 524. The summed E-state index contributed by atoms with van der Waals surface area (Å²) >= 11 is 0. The standard InChI is InChI=1S/C10H12N4O5/c1-2-5(15)8-6(16)7(17)10(19-8)14-3-4(9(11)18)12-13-14/h1,3,5-8,10,15-17H,(H2,11,18)/t5?,6-,7+,8+,10+/m0/s1. The summed E-state index contributed by atoms with van der Waals surface area (Å²) in [4.78, 5) is 10.9. The summed E-state index contributed by atoms with van der Waals surface area (Å²) in [6.07, 6.45) is -0.255. The van der Waals surface area contributed by atoms with E-state index < -0.39 is 36.6 Å². The Morgan fingerprint density at radius 3 is 2.79 bits per heavy atom. The van der Waals surface area contributed by atoms with Crippen molar-refractivity contribution >= 4 is 5.91 Å². The lowest BCUT2D eigenvalue weighted by Crippen LogP contribution is -2.37. The van der Waals surface area contributed by atoms with Crippen LogP contribution >= 0.6 is 0 Å². The number of aliphatic hydroxyl groups is 3. The predicted molar refractivity (Wildman–Crippen MR) is 59.3 cm³/mol. The second-order valence-corrected chi connectivity index (χ2v) is 4.03. The molecule has 5 N–H and O–H groups in total. The van der Waals surface area contributed by atoms with Crippen molar-refractivity contribution in [1.82, 2.24) is 15.0 Å². The maximum atomic E-state index is 10.9. The van der Waals surface area contributed by atoms with Crippen LogP contribution in [0.5, 0.6) is 0 Å². The molecule has 1 fully saturated rings. The monoisotopic (exact) mass is 268 g/mol. The van der Waals surface area contributed by atoms with Crippen LogP contribution in [0.4, 0.5) is 0 Å². The Morgan fingerprint density at radius 2 is 2.26 bits per heavy atom. The number of hydrogen-bond acceptors (Lipinski definition) is 7. The van der Waals surface area contributed by atoms with Crippen LogP contribution in [0.25, 0.3) is 0 Å². The van der Waals surface area contributed by atoms with Crippen molar-refractivity contribution in [2.45, 2.75) is 30.6 Å². The molecule has 0 spiro atoms. The molecular formula is C10H12N4O5. The number of ether oxygens (including phenoxy) is 1. The number of nitrogens with two attached hydrogens (primary N) is 1. The molecule has 9 heteroatoms. The van der Waals surface area contributed by atoms with Crippen molar-refractivity contribution in [1.29, 1.82) is 0 Å². The minimum absolute atomic E-state index is 0.119. The van der Waals surface area contributed by atoms with E-state index in [9.17, 15) is 20.1 Å². The van der Waals surface area contributed by atoms with E-state index in [1.54, 1.807) is 0 Å². The van der Waals surface area contributed by atoms with Gasteiger partial charge in [-0.25, -0.2) is 4.68 Å². The molecule has 102 valence electrons. The number of primary amides is 1. The van der Waals surface area contributed by atoms with Crippen molar-refractivity contribution in [2.24, 2.45) is 5.73 Å². The van der Waals surface area contributed by atoms with Crippen LogP contribution < -0.4 is 5.73 Å². The first-order valence-electron chi connectivity index (χ1n) is 5.33. The fourth-order valence-electron chi connectivity index (χ4n) is 1.77. The zero-order chi connectivity index (χ0) is 14.2. The number of aromatic nitrogens is 3. The Hall–Kier alpha value is -1.99. The number of carbonyl (C=O) groups is 1. The summed E-state index contributed by atoms with van der Waals surface area (Å²) in [7, 11) is 0. The van der Waals surface area contributed by atoms with Gasteiger partial charge in [0.15, 0.2) is 11.9 Å². The van der Waals surface area contributed by atoms with Gasteiger partial charge in [-0.2, -0.15) is 0 Å². The van der Waals surface area contributed by atoms with Crippen LogP contribution in [0, 0.1) is 12.3 Å². The number of terminal acetylenes is 1. The molecule has 1 aliphatic rings. The van der Waals surface area contributed by atoms with Crippen molar-refractivity contribution in [3.8, 4) is 12.3 Å². The minimum Gasteiger partial charge on any atom is -0.387 e. The summed E-state index contributed by atoms with van der Waals surface area (Å²) in [5.74, 6) is 1.20. The van der Waals surface area contributed by atoms with Crippen molar-refractivity contribution < 1.29 is 24.9 Å². The van der Waals surface area contributed by atoms with Gasteiger partial charge in [-0.3, -0.25) is 4.79 Å². The maximum absolute atomic E-state index is 10.9. The van der Waals surface area contributed by atoms with Gasteiger partial charge in [0.2, 0.25) is 0 Å². The number of aliphatic hydroxyl groups excluding tert-OH is 3. The van der Waals surface area contributed by atoms with Gasteiger partial charge in [0.1, 0.15) is 24.4 Å². The van der Waals surface area contributed by atoms with Crippen LogP contribution in [0.3, 0.4) is 0 Å². The number of nitrogens with zero attached hydrogens (tertiary/aromatic N) is 3. The van der Waals surface area contributed by atoms with Gasteiger partial charge in [-0.1, -0.05) is 11.1 Å². The van der Waals surface area contributed by atoms with Crippen molar-refractivity contribution in [3.05, 3.63) is 11.9 Å². The lowest BCUT2D eigenvalue weighted by molar-refractivity contribution is -0.0739. The molecule has 5 atom stereocenters. The molecule has 1 aliphatic heterocycles. The molecule has 9 nitrogen and oxygen atoms in total. The highest BCUT2D eigenvalue weighted by Crippen LogP contribution is 2.30. The minimum atomic E-state index is -1.39. The summed E-state index contributed by atoms with van der Waals surface area (Å²) in [6.45, 7) is 0. The highest BCUT2D eigenvalue weighted by molar-refractivity contribution is 5.90. The molecule has 1 saturated heterocycles. The molecular weight excluding hydrogens is 256 g/mol. The van der Waals surface area contributed by atoms with Crippen LogP contribution in [0.15, 0.2) is 6.20 Å². The van der Waals surface area contributed by atoms with E-state index in [2.05, 4.69) is 10.3 Å². The Morgan fingerprint density at radius 1 is 1.58 bits per heavy atom. The highest BCUT2D eigenvalue weighted by atomic mass is 16.6. The summed E-state index contributed by atoms with van der Waals surface area (Å²) in [6, 6.07) is 0. The molecule has 1 aromatic rings. The van der Waals surface area contributed by atoms with E-state index in [1.165, 1.54) is 0 Å². The van der Waals surface area contributed by atoms with E-state index in [1.807, 2.05) is 5.92 Å². The van der Waals surface area contributed by atoms with Gasteiger partial charge in [0.25, 0.3) is 5.91 Å². The maximum Gasteiger partial charge on any atom is 0.270 e. The first-order valence-corrected chi connectivity index (χ1v) is 5.33. The second kappa shape index (κ2) is 4.94. The van der Waals surface area contributed by atoms with Gasteiger partial charge in [-0.15, -0.1) is 11.5 Å². The second-order valence-electron chi connectivity index (χ2n) is 4.03. The molecule has 0 aliphatic carbocycles. The van der Waals surface area contributed by atoms with Crippen molar-refractivity contribution in [2.75, 3.05) is 0 Å². The van der Waals surface area contributed by atoms with Crippen LogP contribution in [-0.2, 0) is 4.74 Å². The van der Waals surface area contributed by atoms with Gasteiger partial charge in [0, 0.05) is 0 Å². The van der Waals surface area contributed by atoms with Gasteiger partial charge in [-0.05, 0) is 0 Å². The fraction of sp³-hybridized carbons (Fsp3) is 0.500. The topological polar surface area (TPSA) is 144 Å². The Kier molecular flexibility index (Phi) is 3.50. The summed E-state index contributed by atoms with van der Waals surface area (Å²) in [5.41, 5.74) is 4.89. The van der Waals surface area contributed by atoms with E-state index in [-0.39, 0.29) is 5.69 Å². The first-order chi connectivity index (χ1) is 8.95. The molecule has 1 aromatic heterocycles. The Balaban J connectivity index is 2.21. The van der Waals surface area contributed by atoms with E-state index in [0.717, 1.165) is 10.9 Å². The summed E-state index contributed by atoms with van der Waals surface area (Å²) in [5, 5.41) is 36.0. The highest BCUT2D eigenvalue weighted by Gasteiger charge is 2.47. The van der Waals surface area contributed by atoms with Crippen molar-refractivity contribution in [3.63, 3.8) is 0 Å².